The second kappa shape index (κ2) is 8.30. The van der Waals surface area contributed by atoms with Crippen LogP contribution in [0, 0.1) is 0 Å². The van der Waals surface area contributed by atoms with Gasteiger partial charge in [0.25, 0.3) is 0 Å². The molecule has 0 aliphatic carbocycles. The summed E-state index contributed by atoms with van der Waals surface area (Å²) in [4.78, 5) is 2.20. The number of nitrogens with zero attached hydrogens (tertiary/aromatic N) is 1. The lowest BCUT2D eigenvalue weighted by atomic mass is 9.95. The van der Waals surface area contributed by atoms with Crippen LogP contribution in [0.15, 0.2) is 46.9 Å². The number of nitrogens with one attached hydrogen (secondary N) is 1. The van der Waals surface area contributed by atoms with Gasteiger partial charge in [-0.1, -0.05) is 45.7 Å². The van der Waals surface area contributed by atoms with Gasteiger partial charge in [0.15, 0.2) is 0 Å². The van der Waals surface area contributed by atoms with Gasteiger partial charge in [-0.05, 0) is 48.4 Å². The third kappa shape index (κ3) is 4.42. The minimum Gasteiger partial charge on any atom is -0.315 e. The summed E-state index contributed by atoms with van der Waals surface area (Å²) in [5.74, 6) is 0. The van der Waals surface area contributed by atoms with Crippen LogP contribution < -0.4 is 5.32 Å². The first-order valence-corrected chi connectivity index (χ1v) is 9.61. The molecule has 2 aromatic carbocycles. The molecule has 0 saturated carbocycles. The quantitative estimate of drug-likeness (QED) is 0.668. The van der Waals surface area contributed by atoms with Crippen molar-refractivity contribution in [1.82, 2.24) is 10.2 Å². The highest BCUT2D eigenvalue weighted by Gasteiger charge is 2.33. The van der Waals surface area contributed by atoms with E-state index in [1.165, 1.54) is 12.1 Å². The molecule has 0 amide bonds. The normalized spacial score (nSPS) is 17.7. The molecule has 2 nitrogen and oxygen atoms in total. The summed E-state index contributed by atoms with van der Waals surface area (Å²) in [5, 5.41) is 3.68. The third-order valence-corrected chi connectivity index (χ3v) is 5.62. The highest BCUT2D eigenvalue weighted by molar-refractivity contribution is 9.10. The maximum absolute atomic E-state index is 13.3. The number of rotatable bonds is 3. The van der Waals surface area contributed by atoms with Crippen molar-refractivity contribution in [3.05, 3.63) is 68.7 Å². The summed E-state index contributed by atoms with van der Waals surface area (Å²) < 4.78 is 40.7. The number of alkyl halides is 3. The van der Waals surface area contributed by atoms with Crippen LogP contribution in [0.4, 0.5) is 13.2 Å². The van der Waals surface area contributed by atoms with Crippen LogP contribution in [-0.2, 0) is 6.18 Å². The molecule has 1 atom stereocenters. The fraction of sp³-hybridized carbons (Fsp3) is 0.368. The second-order valence-electron chi connectivity index (χ2n) is 6.30. The largest absolute Gasteiger partial charge is 0.416 e. The molecule has 1 N–H and O–H groups in total. The van der Waals surface area contributed by atoms with Gasteiger partial charge in [0.05, 0.1) is 11.6 Å². The van der Waals surface area contributed by atoms with Crippen molar-refractivity contribution in [1.29, 1.82) is 0 Å². The van der Waals surface area contributed by atoms with E-state index in [1.54, 1.807) is 0 Å². The first-order valence-electron chi connectivity index (χ1n) is 8.44. The molecule has 1 aliphatic rings. The van der Waals surface area contributed by atoms with E-state index >= 15 is 0 Å². The van der Waals surface area contributed by atoms with E-state index < -0.39 is 11.7 Å². The highest BCUT2D eigenvalue weighted by Crippen LogP contribution is 2.40. The summed E-state index contributed by atoms with van der Waals surface area (Å²) in [6.45, 7) is 3.21. The fourth-order valence-electron chi connectivity index (χ4n) is 3.31. The van der Waals surface area contributed by atoms with Crippen molar-refractivity contribution in [2.45, 2.75) is 18.6 Å². The molecule has 140 valence electrons. The van der Waals surface area contributed by atoms with Gasteiger partial charge >= 0.3 is 6.18 Å². The van der Waals surface area contributed by atoms with Gasteiger partial charge < -0.3 is 5.32 Å². The van der Waals surface area contributed by atoms with E-state index in [4.69, 9.17) is 11.6 Å². The molecule has 1 saturated heterocycles. The van der Waals surface area contributed by atoms with E-state index in [2.05, 4.69) is 26.1 Å². The smallest absolute Gasteiger partial charge is 0.315 e. The average molecular weight is 448 g/mol. The van der Waals surface area contributed by atoms with Gasteiger partial charge in [-0.2, -0.15) is 13.2 Å². The van der Waals surface area contributed by atoms with Gasteiger partial charge in [-0.15, -0.1) is 0 Å². The van der Waals surface area contributed by atoms with E-state index in [-0.39, 0.29) is 6.04 Å². The summed E-state index contributed by atoms with van der Waals surface area (Å²) in [7, 11) is 0. The SMILES string of the molecule is FC(F)(F)c1ccc(Cl)c(C(c2ccccc2Br)N2CCCNCC2)c1. The summed E-state index contributed by atoms with van der Waals surface area (Å²) in [6, 6.07) is 10.8. The van der Waals surface area contributed by atoms with E-state index in [0.29, 0.717) is 10.6 Å². The maximum Gasteiger partial charge on any atom is 0.416 e. The Morgan fingerprint density at radius 2 is 1.81 bits per heavy atom. The number of benzene rings is 2. The van der Waals surface area contributed by atoms with Crippen molar-refractivity contribution >= 4 is 27.5 Å². The molecule has 1 aliphatic heterocycles. The van der Waals surface area contributed by atoms with Crippen molar-refractivity contribution in [2.24, 2.45) is 0 Å². The van der Waals surface area contributed by atoms with E-state index in [0.717, 1.165) is 48.7 Å². The zero-order valence-corrected chi connectivity index (χ0v) is 16.3. The van der Waals surface area contributed by atoms with Gasteiger partial charge in [0, 0.05) is 29.1 Å². The van der Waals surface area contributed by atoms with Crippen molar-refractivity contribution in [2.75, 3.05) is 26.2 Å². The Kier molecular flexibility index (Phi) is 6.28. The second-order valence-corrected chi connectivity index (χ2v) is 7.56. The molecule has 0 spiro atoms. The zero-order valence-electron chi connectivity index (χ0n) is 14.0. The fourth-order valence-corrected chi connectivity index (χ4v) is 4.03. The third-order valence-electron chi connectivity index (χ3n) is 4.56. The standard InChI is InChI=1S/C19H19BrClF3N2/c20-16-5-2-1-4-14(16)18(26-10-3-8-25-9-11-26)15-12-13(19(22,23)24)6-7-17(15)21/h1-2,4-7,12,18,25H,3,8-11H2. The Morgan fingerprint density at radius 3 is 2.54 bits per heavy atom. The number of halogens is 5. The van der Waals surface area contributed by atoms with Gasteiger partial charge in [-0.3, -0.25) is 4.90 Å². The Labute approximate surface area is 164 Å². The Balaban J connectivity index is 2.13. The van der Waals surface area contributed by atoms with Gasteiger partial charge in [0.1, 0.15) is 0 Å². The zero-order chi connectivity index (χ0) is 18.7. The van der Waals surface area contributed by atoms with Crippen molar-refractivity contribution in [3.8, 4) is 0 Å². The first kappa shape index (κ1) is 19.7. The minimum atomic E-state index is -4.40. The molecule has 2 aromatic rings. The van der Waals surface area contributed by atoms with Crippen LogP contribution in [-0.4, -0.2) is 31.1 Å². The van der Waals surface area contributed by atoms with Crippen LogP contribution in [0.5, 0.6) is 0 Å². The molecule has 3 rings (SSSR count). The summed E-state index contributed by atoms with van der Waals surface area (Å²) in [5.41, 5.74) is 0.716. The molecule has 26 heavy (non-hydrogen) atoms. The lowest BCUT2D eigenvalue weighted by Crippen LogP contribution is -2.33. The van der Waals surface area contributed by atoms with Crippen LogP contribution in [0.3, 0.4) is 0 Å². The topological polar surface area (TPSA) is 15.3 Å². The van der Waals surface area contributed by atoms with Crippen LogP contribution in [0.25, 0.3) is 0 Å². The molecule has 1 heterocycles. The molecule has 1 unspecified atom stereocenters. The van der Waals surface area contributed by atoms with E-state index in [9.17, 15) is 13.2 Å². The van der Waals surface area contributed by atoms with E-state index in [1.807, 2.05) is 24.3 Å². The summed E-state index contributed by atoms with van der Waals surface area (Å²) >= 11 is 9.93. The molecule has 0 radical (unpaired) electrons. The lowest BCUT2D eigenvalue weighted by molar-refractivity contribution is -0.137. The number of hydrogen-bond donors (Lipinski definition) is 1. The molecule has 7 heteroatoms. The first-order chi connectivity index (χ1) is 12.4. The highest BCUT2D eigenvalue weighted by atomic mass is 79.9. The van der Waals surface area contributed by atoms with Crippen LogP contribution in [0.1, 0.15) is 29.2 Å². The molecular formula is C19H19BrClF3N2. The van der Waals surface area contributed by atoms with Gasteiger partial charge in [-0.25, -0.2) is 0 Å². The maximum atomic E-state index is 13.3. The number of hydrogen-bond acceptors (Lipinski definition) is 2. The monoisotopic (exact) mass is 446 g/mol. The molecule has 1 fully saturated rings. The Hall–Kier alpha value is -1.08. The minimum absolute atomic E-state index is 0.343. The molecule has 0 aromatic heterocycles. The van der Waals surface area contributed by atoms with Crippen LogP contribution in [0.2, 0.25) is 5.02 Å². The molecular weight excluding hydrogens is 429 g/mol. The Bertz CT molecular complexity index is 759. The van der Waals surface area contributed by atoms with Crippen LogP contribution >= 0.6 is 27.5 Å². The summed E-state index contributed by atoms with van der Waals surface area (Å²) in [6.07, 6.45) is -3.48. The molecule has 0 bridgehead atoms. The van der Waals surface area contributed by atoms with Gasteiger partial charge in [0.2, 0.25) is 0 Å². The Morgan fingerprint density at radius 1 is 1.04 bits per heavy atom. The predicted octanol–water partition coefficient (Wildman–Crippen LogP) is 5.51. The predicted molar refractivity (Wildman–Crippen MR) is 101 cm³/mol. The average Bonchev–Trinajstić information content (AvgIpc) is 2.87. The van der Waals surface area contributed by atoms with Crippen molar-refractivity contribution < 1.29 is 13.2 Å². The van der Waals surface area contributed by atoms with Crippen molar-refractivity contribution in [3.63, 3.8) is 0 Å². The lowest BCUT2D eigenvalue weighted by Gasteiger charge is -2.33.